The smallest absolute Gasteiger partial charge is 0.317 e. The largest absolute Gasteiger partial charge is 0.337 e. The fraction of sp³-hybridized carbons (Fsp3) is 0.278. The summed E-state index contributed by atoms with van der Waals surface area (Å²) >= 11 is 0. The summed E-state index contributed by atoms with van der Waals surface area (Å²) in [5, 5.41) is 2.75. The van der Waals surface area contributed by atoms with Gasteiger partial charge >= 0.3 is 6.03 Å². The SMILES string of the molecule is CN(Cc1ccc(F)cc1)C(=O)NCC[S@](=O)Cc1ccccc1. The molecule has 0 heterocycles. The zero-order valence-electron chi connectivity index (χ0n) is 13.6. The molecular weight excluding hydrogens is 327 g/mol. The number of halogens is 1. The number of amides is 2. The number of nitrogens with one attached hydrogen (secondary N) is 1. The molecule has 0 saturated carbocycles. The maximum absolute atomic E-state index is 12.9. The molecular formula is C18H21FN2O2S. The summed E-state index contributed by atoms with van der Waals surface area (Å²) in [4.78, 5) is 13.5. The molecule has 0 bridgehead atoms. The molecule has 4 nitrogen and oxygen atoms in total. The Labute approximate surface area is 144 Å². The van der Waals surface area contributed by atoms with Crippen molar-refractivity contribution in [1.82, 2.24) is 10.2 Å². The summed E-state index contributed by atoms with van der Waals surface area (Å²) in [5.41, 5.74) is 1.87. The first-order valence-corrected chi connectivity index (χ1v) is 9.15. The average molecular weight is 348 g/mol. The summed E-state index contributed by atoms with van der Waals surface area (Å²) < 4.78 is 24.9. The molecule has 0 saturated heterocycles. The molecule has 24 heavy (non-hydrogen) atoms. The molecule has 2 aromatic rings. The van der Waals surface area contributed by atoms with E-state index in [9.17, 15) is 13.4 Å². The van der Waals surface area contributed by atoms with Crippen molar-refractivity contribution in [2.45, 2.75) is 12.3 Å². The van der Waals surface area contributed by atoms with Gasteiger partial charge in [-0.05, 0) is 23.3 Å². The molecule has 128 valence electrons. The second kappa shape index (κ2) is 9.17. The van der Waals surface area contributed by atoms with Gasteiger partial charge in [0, 0.05) is 42.4 Å². The lowest BCUT2D eigenvalue weighted by Crippen LogP contribution is -2.38. The lowest BCUT2D eigenvalue weighted by molar-refractivity contribution is 0.207. The first-order valence-electron chi connectivity index (χ1n) is 7.67. The third kappa shape index (κ3) is 6.12. The zero-order chi connectivity index (χ0) is 17.4. The van der Waals surface area contributed by atoms with Gasteiger partial charge in [0.25, 0.3) is 0 Å². The second-order valence-electron chi connectivity index (χ2n) is 5.49. The Hall–Kier alpha value is -2.21. The first-order chi connectivity index (χ1) is 11.5. The molecule has 2 aromatic carbocycles. The van der Waals surface area contributed by atoms with Gasteiger partial charge in [-0.3, -0.25) is 4.21 Å². The summed E-state index contributed by atoms with van der Waals surface area (Å²) in [5.74, 6) is 0.597. The number of urea groups is 1. The minimum absolute atomic E-state index is 0.240. The number of carbonyl (C=O) groups is 1. The minimum atomic E-state index is -1.02. The Kier molecular flexibility index (Phi) is 6.93. The van der Waals surface area contributed by atoms with Crippen LogP contribution in [0.3, 0.4) is 0 Å². The van der Waals surface area contributed by atoms with E-state index in [2.05, 4.69) is 5.32 Å². The van der Waals surface area contributed by atoms with Gasteiger partial charge in [-0.15, -0.1) is 0 Å². The van der Waals surface area contributed by atoms with Crippen molar-refractivity contribution in [3.63, 3.8) is 0 Å². The summed E-state index contributed by atoms with van der Waals surface area (Å²) in [7, 11) is 0.650. The maximum Gasteiger partial charge on any atom is 0.317 e. The van der Waals surface area contributed by atoms with E-state index in [1.165, 1.54) is 17.0 Å². The quantitative estimate of drug-likeness (QED) is 0.836. The highest BCUT2D eigenvalue weighted by atomic mass is 32.2. The van der Waals surface area contributed by atoms with Gasteiger partial charge in [0.2, 0.25) is 0 Å². The van der Waals surface area contributed by atoms with Crippen molar-refractivity contribution in [2.24, 2.45) is 0 Å². The van der Waals surface area contributed by atoms with Crippen molar-refractivity contribution in [1.29, 1.82) is 0 Å². The number of hydrogen-bond acceptors (Lipinski definition) is 2. The summed E-state index contributed by atoms with van der Waals surface area (Å²) in [6.07, 6.45) is 0. The normalized spacial score (nSPS) is 11.8. The summed E-state index contributed by atoms with van der Waals surface area (Å²) in [6.45, 7) is 0.741. The molecule has 0 fully saturated rings. The van der Waals surface area contributed by atoms with Gasteiger partial charge in [-0.1, -0.05) is 42.5 Å². The number of hydrogen-bond donors (Lipinski definition) is 1. The van der Waals surface area contributed by atoms with Crippen molar-refractivity contribution >= 4 is 16.8 Å². The molecule has 2 amide bonds. The van der Waals surface area contributed by atoms with E-state index in [0.717, 1.165) is 11.1 Å². The lowest BCUT2D eigenvalue weighted by atomic mass is 10.2. The number of rotatable bonds is 7. The molecule has 0 radical (unpaired) electrons. The van der Waals surface area contributed by atoms with Gasteiger partial charge in [0.1, 0.15) is 5.82 Å². The predicted octanol–water partition coefficient (Wildman–Crippen LogP) is 2.92. The molecule has 0 spiro atoms. The Balaban J connectivity index is 1.70. The third-order valence-corrected chi connectivity index (χ3v) is 4.77. The van der Waals surface area contributed by atoms with Crippen LogP contribution >= 0.6 is 0 Å². The molecule has 1 N–H and O–H groups in total. The van der Waals surface area contributed by atoms with E-state index < -0.39 is 10.8 Å². The topological polar surface area (TPSA) is 49.4 Å². The van der Waals surface area contributed by atoms with Gasteiger partial charge in [0.15, 0.2) is 0 Å². The van der Waals surface area contributed by atoms with Crippen LogP contribution in [0.5, 0.6) is 0 Å². The van der Waals surface area contributed by atoms with E-state index in [0.29, 0.717) is 24.6 Å². The van der Waals surface area contributed by atoms with E-state index in [1.807, 2.05) is 30.3 Å². The molecule has 0 aromatic heterocycles. The van der Waals surface area contributed by atoms with Crippen molar-refractivity contribution in [3.8, 4) is 0 Å². The van der Waals surface area contributed by atoms with Crippen LogP contribution in [0.1, 0.15) is 11.1 Å². The Morgan fingerprint density at radius 3 is 2.42 bits per heavy atom. The van der Waals surface area contributed by atoms with Crippen LogP contribution in [0.25, 0.3) is 0 Å². The number of carbonyl (C=O) groups excluding carboxylic acids is 1. The van der Waals surface area contributed by atoms with Crippen LogP contribution in [0.4, 0.5) is 9.18 Å². The van der Waals surface area contributed by atoms with Crippen molar-refractivity contribution < 1.29 is 13.4 Å². The minimum Gasteiger partial charge on any atom is -0.337 e. The second-order valence-corrected chi connectivity index (χ2v) is 7.06. The van der Waals surface area contributed by atoms with Crippen molar-refractivity contribution in [3.05, 3.63) is 71.5 Å². The molecule has 1 atom stereocenters. The highest BCUT2D eigenvalue weighted by molar-refractivity contribution is 7.84. The third-order valence-electron chi connectivity index (χ3n) is 3.46. The highest BCUT2D eigenvalue weighted by Crippen LogP contribution is 2.06. The molecule has 0 aliphatic carbocycles. The van der Waals surface area contributed by atoms with Crippen LogP contribution in [-0.4, -0.2) is 34.5 Å². The van der Waals surface area contributed by atoms with Gasteiger partial charge in [-0.2, -0.15) is 0 Å². The Morgan fingerprint density at radius 1 is 1.08 bits per heavy atom. The Morgan fingerprint density at radius 2 is 1.75 bits per heavy atom. The van der Waals surface area contributed by atoms with Gasteiger partial charge in [0.05, 0.1) is 0 Å². The maximum atomic E-state index is 12.9. The van der Waals surface area contributed by atoms with Crippen LogP contribution in [-0.2, 0) is 23.1 Å². The average Bonchev–Trinajstić information content (AvgIpc) is 2.57. The zero-order valence-corrected chi connectivity index (χ0v) is 14.4. The molecule has 2 rings (SSSR count). The van der Waals surface area contributed by atoms with Crippen LogP contribution < -0.4 is 5.32 Å². The highest BCUT2D eigenvalue weighted by Gasteiger charge is 2.09. The lowest BCUT2D eigenvalue weighted by Gasteiger charge is -2.18. The first kappa shape index (κ1) is 18.1. The van der Waals surface area contributed by atoms with E-state index in [4.69, 9.17) is 0 Å². The number of benzene rings is 2. The molecule has 6 heteroatoms. The van der Waals surface area contributed by atoms with Crippen LogP contribution in [0, 0.1) is 5.82 Å². The summed E-state index contributed by atoms with van der Waals surface area (Å²) in [6, 6.07) is 15.4. The molecule has 0 unspecified atom stereocenters. The number of nitrogens with zero attached hydrogens (tertiary/aromatic N) is 1. The Bertz CT molecular complexity index is 677. The predicted molar refractivity (Wildman–Crippen MR) is 94.4 cm³/mol. The van der Waals surface area contributed by atoms with Gasteiger partial charge in [-0.25, -0.2) is 9.18 Å². The van der Waals surface area contributed by atoms with Crippen LogP contribution in [0.15, 0.2) is 54.6 Å². The van der Waals surface area contributed by atoms with Crippen LogP contribution in [0.2, 0.25) is 0 Å². The monoisotopic (exact) mass is 348 g/mol. The van der Waals surface area contributed by atoms with Gasteiger partial charge < -0.3 is 10.2 Å². The van der Waals surface area contributed by atoms with E-state index >= 15 is 0 Å². The molecule has 0 aliphatic rings. The van der Waals surface area contributed by atoms with E-state index in [-0.39, 0.29) is 11.8 Å². The fourth-order valence-electron chi connectivity index (χ4n) is 2.17. The standard InChI is InChI=1S/C18H21FN2O2S/c1-21(13-15-7-9-17(19)10-8-15)18(22)20-11-12-24(23)14-16-5-3-2-4-6-16/h2-10H,11-14H2,1H3,(H,20,22)/t24-/m0/s1. The van der Waals surface area contributed by atoms with E-state index in [1.54, 1.807) is 19.2 Å². The van der Waals surface area contributed by atoms with Crippen molar-refractivity contribution in [2.75, 3.05) is 19.3 Å². The molecule has 0 aliphatic heterocycles. The fourth-order valence-corrected chi connectivity index (χ4v) is 3.21.